The van der Waals surface area contributed by atoms with Crippen molar-refractivity contribution in [1.29, 1.82) is 0 Å². The summed E-state index contributed by atoms with van der Waals surface area (Å²) in [6.45, 7) is 2.76. The van der Waals surface area contributed by atoms with Crippen molar-refractivity contribution < 1.29 is 14.6 Å². The van der Waals surface area contributed by atoms with E-state index >= 15 is 0 Å². The second-order valence-electron chi connectivity index (χ2n) is 4.63. The SMILES string of the molecule is CC(=O)C(C)(O)COc1ccc2ccccc2c1. The van der Waals surface area contributed by atoms with E-state index in [1.165, 1.54) is 13.8 Å². The summed E-state index contributed by atoms with van der Waals surface area (Å²) >= 11 is 0. The van der Waals surface area contributed by atoms with Gasteiger partial charge in [-0.15, -0.1) is 0 Å². The Bertz CT molecular complexity index is 573. The lowest BCUT2D eigenvalue weighted by Gasteiger charge is -2.20. The van der Waals surface area contributed by atoms with Crippen LogP contribution < -0.4 is 4.74 Å². The number of hydrogen-bond acceptors (Lipinski definition) is 3. The number of carbonyl (C=O) groups is 1. The van der Waals surface area contributed by atoms with Crippen LogP contribution in [0.3, 0.4) is 0 Å². The second-order valence-corrected chi connectivity index (χ2v) is 4.63. The average Bonchev–Trinajstić information content (AvgIpc) is 2.36. The van der Waals surface area contributed by atoms with Crippen LogP contribution in [0.2, 0.25) is 0 Å². The minimum absolute atomic E-state index is 0.0410. The van der Waals surface area contributed by atoms with E-state index in [4.69, 9.17) is 4.74 Å². The first-order chi connectivity index (χ1) is 8.49. The van der Waals surface area contributed by atoms with Gasteiger partial charge in [-0.05, 0) is 36.8 Å². The van der Waals surface area contributed by atoms with Crippen molar-refractivity contribution in [1.82, 2.24) is 0 Å². The van der Waals surface area contributed by atoms with Gasteiger partial charge in [0.05, 0.1) is 0 Å². The fourth-order valence-electron chi connectivity index (χ4n) is 1.58. The van der Waals surface area contributed by atoms with Crippen LogP contribution in [0.25, 0.3) is 10.8 Å². The van der Waals surface area contributed by atoms with E-state index in [0.717, 1.165) is 10.8 Å². The Morgan fingerprint density at radius 2 is 1.89 bits per heavy atom. The number of ketones is 1. The van der Waals surface area contributed by atoms with Crippen molar-refractivity contribution in [3.8, 4) is 5.75 Å². The first-order valence-corrected chi connectivity index (χ1v) is 5.84. The van der Waals surface area contributed by atoms with Gasteiger partial charge in [-0.3, -0.25) is 4.79 Å². The molecule has 0 aliphatic carbocycles. The van der Waals surface area contributed by atoms with Crippen molar-refractivity contribution in [2.75, 3.05) is 6.61 Å². The van der Waals surface area contributed by atoms with Gasteiger partial charge in [0.15, 0.2) is 11.4 Å². The monoisotopic (exact) mass is 244 g/mol. The van der Waals surface area contributed by atoms with Gasteiger partial charge in [0, 0.05) is 0 Å². The van der Waals surface area contributed by atoms with E-state index in [1.807, 2.05) is 42.5 Å². The number of rotatable bonds is 4. The van der Waals surface area contributed by atoms with Gasteiger partial charge in [-0.25, -0.2) is 0 Å². The van der Waals surface area contributed by atoms with Crippen molar-refractivity contribution in [2.45, 2.75) is 19.4 Å². The molecule has 1 unspecified atom stereocenters. The molecule has 0 spiro atoms. The Balaban J connectivity index is 2.15. The first kappa shape index (κ1) is 12.6. The molecule has 0 saturated carbocycles. The number of Topliss-reactive ketones (excluding diaryl/α,β-unsaturated/α-hetero) is 1. The second kappa shape index (κ2) is 4.78. The molecular weight excluding hydrogens is 228 g/mol. The number of ether oxygens (including phenoxy) is 1. The van der Waals surface area contributed by atoms with Crippen LogP contribution in [0.15, 0.2) is 42.5 Å². The minimum Gasteiger partial charge on any atom is -0.490 e. The molecule has 3 nitrogen and oxygen atoms in total. The van der Waals surface area contributed by atoms with Gasteiger partial charge < -0.3 is 9.84 Å². The molecule has 0 fully saturated rings. The Morgan fingerprint density at radius 3 is 2.56 bits per heavy atom. The van der Waals surface area contributed by atoms with Crippen LogP contribution >= 0.6 is 0 Å². The van der Waals surface area contributed by atoms with E-state index in [-0.39, 0.29) is 12.4 Å². The molecule has 0 aliphatic heterocycles. The van der Waals surface area contributed by atoms with Gasteiger partial charge in [-0.1, -0.05) is 30.3 Å². The molecule has 1 N–H and O–H groups in total. The number of benzene rings is 2. The van der Waals surface area contributed by atoms with Crippen LogP contribution in [-0.4, -0.2) is 23.1 Å². The number of aliphatic hydroxyl groups is 1. The van der Waals surface area contributed by atoms with Gasteiger partial charge in [0.2, 0.25) is 0 Å². The zero-order chi connectivity index (χ0) is 13.2. The van der Waals surface area contributed by atoms with Crippen LogP contribution in [0.1, 0.15) is 13.8 Å². The van der Waals surface area contributed by atoms with Crippen molar-refractivity contribution >= 4 is 16.6 Å². The van der Waals surface area contributed by atoms with E-state index in [9.17, 15) is 9.90 Å². The summed E-state index contributed by atoms with van der Waals surface area (Å²) in [5.41, 5.74) is -1.44. The molecule has 0 aromatic heterocycles. The number of carbonyl (C=O) groups excluding carboxylic acids is 1. The number of hydrogen-bond donors (Lipinski definition) is 1. The van der Waals surface area contributed by atoms with E-state index < -0.39 is 5.60 Å². The molecule has 0 saturated heterocycles. The standard InChI is InChI=1S/C15H16O3/c1-11(16)15(2,17)10-18-14-8-7-12-5-3-4-6-13(12)9-14/h3-9,17H,10H2,1-2H3. The highest BCUT2D eigenvalue weighted by molar-refractivity contribution is 5.85. The number of fused-ring (bicyclic) bond motifs is 1. The smallest absolute Gasteiger partial charge is 0.164 e. The predicted molar refractivity (Wildman–Crippen MR) is 70.7 cm³/mol. The summed E-state index contributed by atoms with van der Waals surface area (Å²) in [4.78, 5) is 11.2. The highest BCUT2D eigenvalue weighted by Crippen LogP contribution is 2.21. The third-order valence-corrected chi connectivity index (χ3v) is 3.00. The lowest BCUT2D eigenvalue weighted by Crippen LogP contribution is -2.39. The predicted octanol–water partition coefficient (Wildman–Crippen LogP) is 2.56. The summed E-state index contributed by atoms with van der Waals surface area (Å²) in [7, 11) is 0. The van der Waals surface area contributed by atoms with Crippen molar-refractivity contribution in [3.05, 3.63) is 42.5 Å². The van der Waals surface area contributed by atoms with E-state index in [1.54, 1.807) is 0 Å². The highest BCUT2D eigenvalue weighted by Gasteiger charge is 2.27. The molecule has 2 rings (SSSR count). The molecule has 94 valence electrons. The van der Waals surface area contributed by atoms with Crippen molar-refractivity contribution in [2.24, 2.45) is 0 Å². The molecule has 0 bridgehead atoms. The topological polar surface area (TPSA) is 46.5 Å². The molecular formula is C15H16O3. The normalized spacial score (nSPS) is 14.2. The Kier molecular flexibility index (Phi) is 3.34. The Morgan fingerprint density at radius 1 is 1.22 bits per heavy atom. The third-order valence-electron chi connectivity index (χ3n) is 3.00. The lowest BCUT2D eigenvalue weighted by molar-refractivity contribution is -0.136. The maximum absolute atomic E-state index is 11.2. The van der Waals surface area contributed by atoms with Crippen molar-refractivity contribution in [3.63, 3.8) is 0 Å². The fraction of sp³-hybridized carbons (Fsp3) is 0.267. The molecule has 2 aromatic rings. The van der Waals surface area contributed by atoms with E-state index in [2.05, 4.69) is 0 Å². The maximum atomic E-state index is 11.2. The van der Waals surface area contributed by atoms with Crippen LogP contribution in [0, 0.1) is 0 Å². The summed E-state index contributed by atoms with van der Waals surface area (Å²) < 4.78 is 5.47. The first-order valence-electron chi connectivity index (χ1n) is 5.84. The molecule has 18 heavy (non-hydrogen) atoms. The molecule has 2 aromatic carbocycles. The van der Waals surface area contributed by atoms with Gasteiger partial charge in [0.1, 0.15) is 12.4 Å². The largest absolute Gasteiger partial charge is 0.490 e. The Labute approximate surface area is 106 Å². The van der Waals surface area contributed by atoms with Gasteiger partial charge in [0.25, 0.3) is 0 Å². The van der Waals surface area contributed by atoms with Gasteiger partial charge in [-0.2, -0.15) is 0 Å². The lowest BCUT2D eigenvalue weighted by atomic mass is 10.0. The fourth-order valence-corrected chi connectivity index (χ4v) is 1.58. The Hall–Kier alpha value is -1.87. The van der Waals surface area contributed by atoms with E-state index in [0.29, 0.717) is 5.75 Å². The minimum atomic E-state index is -1.44. The molecule has 0 heterocycles. The zero-order valence-corrected chi connectivity index (χ0v) is 10.5. The summed E-state index contributed by atoms with van der Waals surface area (Å²) in [5, 5.41) is 12.0. The zero-order valence-electron chi connectivity index (χ0n) is 10.5. The van der Waals surface area contributed by atoms with Crippen LogP contribution in [0.5, 0.6) is 5.75 Å². The highest BCUT2D eigenvalue weighted by atomic mass is 16.5. The summed E-state index contributed by atoms with van der Waals surface area (Å²) in [6.07, 6.45) is 0. The molecule has 0 amide bonds. The molecule has 3 heteroatoms. The summed E-state index contributed by atoms with van der Waals surface area (Å²) in [5.74, 6) is 0.346. The molecule has 1 atom stereocenters. The maximum Gasteiger partial charge on any atom is 0.164 e. The molecule has 0 aliphatic rings. The van der Waals surface area contributed by atoms with Gasteiger partial charge >= 0.3 is 0 Å². The molecule has 0 radical (unpaired) electrons. The average molecular weight is 244 g/mol. The third kappa shape index (κ3) is 2.68. The van der Waals surface area contributed by atoms with Crippen LogP contribution in [0.4, 0.5) is 0 Å². The quantitative estimate of drug-likeness (QED) is 0.899. The summed E-state index contributed by atoms with van der Waals surface area (Å²) in [6, 6.07) is 13.6. The van der Waals surface area contributed by atoms with Crippen LogP contribution in [-0.2, 0) is 4.79 Å².